The van der Waals surface area contributed by atoms with E-state index in [1.54, 1.807) is 0 Å². The third kappa shape index (κ3) is 5.65. The lowest BCUT2D eigenvalue weighted by Crippen LogP contribution is -2.54. The van der Waals surface area contributed by atoms with Crippen LogP contribution in [0.3, 0.4) is 0 Å². The van der Waals surface area contributed by atoms with Gasteiger partial charge in [-0.25, -0.2) is 42.1 Å². The quantitative estimate of drug-likeness (QED) is 0.377. The van der Waals surface area contributed by atoms with Gasteiger partial charge in [-0.15, -0.1) is 0 Å². The van der Waals surface area contributed by atoms with Gasteiger partial charge in [0.15, 0.2) is 57.3 Å². The van der Waals surface area contributed by atoms with E-state index in [2.05, 4.69) is 0 Å². The minimum absolute atomic E-state index is 0.0393. The molecule has 2 aromatic carbocycles. The van der Waals surface area contributed by atoms with Crippen molar-refractivity contribution >= 4 is 83.7 Å². The summed E-state index contributed by atoms with van der Waals surface area (Å²) in [5.41, 5.74) is -1.58. The molecule has 0 aromatic heterocycles. The van der Waals surface area contributed by atoms with Crippen molar-refractivity contribution in [1.82, 2.24) is 4.90 Å². The van der Waals surface area contributed by atoms with Gasteiger partial charge < -0.3 is 0 Å². The zero-order chi connectivity index (χ0) is 34.3. The fourth-order valence-electron chi connectivity index (χ4n) is 6.01. The van der Waals surface area contributed by atoms with Gasteiger partial charge >= 0.3 is 0 Å². The smallest absolute Gasteiger partial charge is 0.273 e. The van der Waals surface area contributed by atoms with Crippen LogP contribution in [0.5, 0.6) is 0 Å². The van der Waals surface area contributed by atoms with E-state index in [1.807, 2.05) is 0 Å². The molecule has 4 rings (SSSR count). The van der Waals surface area contributed by atoms with Gasteiger partial charge in [0.25, 0.3) is 5.24 Å². The molecule has 0 radical (unpaired) electrons. The van der Waals surface area contributed by atoms with Crippen LogP contribution >= 0.6 is 23.4 Å². The van der Waals surface area contributed by atoms with Crippen LogP contribution in [0.15, 0.2) is 35.2 Å². The molecule has 1 saturated heterocycles. The van der Waals surface area contributed by atoms with E-state index < -0.39 is 97.4 Å². The molecule has 2 aliphatic rings. The third-order valence-corrected chi connectivity index (χ3v) is 20.5. The molecule has 0 atom stereocenters. The van der Waals surface area contributed by atoms with Crippen LogP contribution in [0.4, 0.5) is 4.79 Å². The second kappa shape index (κ2) is 11.0. The molecule has 0 spiro atoms. The molecule has 20 heteroatoms. The number of hydrogen-bond donors (Lipinski definition) is 0. The number of benzene rings is 2. The van der Waals surface area contributed by atoms with Crippen molar-refractivity contribution in [2.24, 2.45) is 0 Å². The van der Waals surface area contributed by atoms with Crippen LogP contribution in [-0.2, 0) is 68.7 Å². The number of sulfone groups is 5. The van der Waals surface area contributed by atoms with E-state index >= 15 is 0 Å². The van der Waals surface area contributed by atoms with Crippen molar-refractivity contribution in [3.8, 4) is 11.1 Å². The number of amides is 2. The van der Waals surface area contributed by atoms with Gasteiger partial charge in [0.2, 0.25) is 5.91 Å². The van der Waals surface area contributed by atoms with Gasteiger partial charge in [-0.3, -0.25) is 14.5 Å². The first-order valence-electron chi connectivity index (χ1n) is 12.6. The summed E-state index contributed by atoms with van der Waals surface area (Å²) in [6, 6.07) is 5.61. The van der Waals surface area contributed by atoms with Crippen molar-refractivity contribution in [2.45, 2.75) is 32.4 Å². The van der Waals surface area contributed by atoms with Crippen molar-refractivity contribution < 1.29 is 51.7 Å². The van der Waals surface area contributed by atoms with Crippen LogP contribution in [0, 0.1) is 0 Å². The minimum Gasteiger partial charge on any atom is -0.273 e. The van der Waals surface area contributed by atoms with Crippen molar-refractivity contribution in [1.29, 1.82) is 0 Å². The van der Waals surface area contributed by atoms with Gasteiger partial charge in [0, 0.05) is 47.4 Å². The predicted molar refractivity (Wildman–Crippen MR) is 170 cm³/mol. The van der Waals surface area contributed by atoms with Gasteiger partial charge in [0.1, 0.15) is 0 Å². The van der Waals surface area contributed by atoms with Crippen LogP contribution in [0.2, 0.25) is 5.02 Å². The summed E-state index contributed by atoms with van der Waals surface area (Å²) < 4.78 is 128. The van der Waals surface area contributed by atoms with Crippen molar-refractivity contribution in [3.63, 3.8) is 0 Å². The Bertz CT molecular complexity index is 2150. The van der Waals surface area contributed by atoms with Crippen LogP contribution in [-0.4, -0.2) is 95.2 Å². The Hall–Kier alpha value is -2.03. The Kier molecular flexibility index (Phi) is 8.77. The van der Waals surface area contributed by atoms with E-state index in [0.29, 0.717) is 36.7 Å². The number of imide groups is 1. The Morgan fingerprint density at radius 1 is 0.711 bits per heavy atom. The Morgan fingerprint density at radius 3 is 1.56 bits per heavy atom. The highest BCUT2D eigenvalue weighted by molar-refractivity contribution is 8.14. The molecule has 1 heterocycles. The van der Waals surface area contributed by atoms with Crippen molar-refractivity contribution in [2.75, 3.05) is 37.0 Å². The number of fused-ring (bicyclic) bond motifs is 1. The second-order valence-corrected chi connectivity index (χ2v) is 23.9. The SMILES string of the molecule is CS(=O)(=O)c1cc2c(cc1-c1ccc(CN3C(=O)CSC3=O)cc1Cl)C(S(C)(=O)=O)(S(C)(=O)=O)CCC2(S(C)(=O)=O)S(C)(=O)=O. The van der Waals surface area contributed by atoms with Crippen molar-refractivity contribution in [3.05, 3.63) is 52.0 Å². The monoisotopic (exact) mass is 761 g/mol. The lowest BCUT2D eigenvalue weighted by atomic mass is 9.87. The highest BCUT2D eigenvalue weighted by Crippen LogP contribution is 2.57. The molecule has 0 saturated carbocycles. The van der Waals surface area contributed by atoms with Crippen LogP contribution < -0.4 is 0 Å². The predicted octanol–water partition coefficient (Wildman–Crippen LogP) is 1.88. The zero-order valence-electron chi connectivity index (χ0n) is 24.4. The maximum atomic E-state index is 13.4. The molecular formula is C25H28ClNO12S6. The van der Waals surface area contributed by atoms with Gasteiger partial charge in [-0.2, -0.15) is 0 Å². The van der Waals surface area contributed by atoms with E-state index in [9.17, 15) is 51.7 Å². The van der Waals surface area contributed by atoms with Crippen LogP contribution in [0.1, 0.15) is 29.5 Å². The van der Waals surface area contributed by atoms with E-state index in [4.69, 9.17) is 11.6 Å². The maximum absolute atomic E-state index is 13.4. The lowest BCUT2D eigenvalue weighted by Gasteiger charge is -2.44. The topological polar surface area (TPSA) is 208 Å². The first-order valence-corrected chi connectivity index (χ1v) is 23.5. The molecule has 0 bridgehead atoms. The average molecular weight is 762 g/mol. The second-order valence-electron chi connectivity index (χ2n) is 11.1. The fourth-order valence-corrected chi connectivity index (χ4v) is 16.5. The molecule has 1 fully saturated rings. The highest BCUT2D eigenvalue weighted by atomic mass is 35.5. The zero-order valence-corrected chi connectivity index (χ0v) is 30.0. The number of carbonyl (C=O) groups is 2. The molecule has 13 nitrogen and oxygen atoms in total. The summed E-state index contributed by atoms with van der Waals surface area (Å²) in [6.07, 6.45) is 1.16. The molecule has 0 unspecified atom stereocenters. The Labute approximate surface area is 271 Å². The molecular weight excluding hydrogens is 734 g/mol. The number of nitrogens with zero attached hydrogens (tertiary/aromatic N) is 1. The normalized spacial score (nSPS) is 19.0. The average Bonchev–Trinajstić information content (AvgIpc) is 3.16. The third-order valence-electron chi connectivity index (χ3n) is 8.02. The van der Waals surface area contributed by atoms with Gasteiger partial charge in [-0.1, -0.05) is 35.5 Å². The standard InChI is InChI=1S/C25H28ClNO12S6/c1-41(30,31)21-12-19-18(11-17(21)16-7-6-15(10-20(16)26)13-27-22(28)14-40-23(27)29)24(42(2,32)33,43(3,34)35)8-9-25(19,44(4,36)37)45(5,38)39/h6-7,10-12H,8-9,13-14H2,1-5H3. The summed E-state index contributed by atoms with van der Waals surface area (Å²) in [5, 5.41) is -0.630. The van der Waals surface area contributed by atoms with Gasteiger partial charge in [0.05, 0.1) is 17.2 Å². The number of carbonyl (C=O) groups excluding carboxylic acids is 2. The number of thioether (sulfide) groups is 1. The first-order chi connectivity index (χ1) is 20.2. The van der Waals surface area contributed by atoms with E-state index in [0.717, 1.165) is 29.0 Å². The molecule has 1 aliphatic carbocycles. The Balaban J connectivity index is 2.18. The largest absolute Gasteiger partial charge is 0.289 e. The Morgan fingerprint density at radius 2 is 1.18 bits per heavy atom. The van der Waals surface area contributed by atoms with Crippen LogP contribution in [0.25, 0.3) is 11.1 Å². The summed E-state index contributed by atoms with van der Waals surface area (Å²) in [6.45, 7) is -0.162. The number of rotatable bonds is 8. The molecule has 2 aromatic rings. The summed E-state index contributed by atoms with van der Waals surface area (Å²) >= 11 is 7.38. The van der Waals surface area contributed by atoms with E-state index in [1.165, 1.54) is 18.2 Å². The molecule has 2 amide bonds. The summed E-state index contributed by atoms with van der Waals surface area (Å²) in [4.78, 5) is 24.5. The fraction of sp³-hybridized carbons (Fsp3) is 0.440. The molecule has 0 N–H and O–H groups in total. The molecule has 45 heavy (non-hydrogen) atoms. The molecule has 1 aliphatic heterocycles. The minimum atomic E-state index is -4.73. The summed E-state index contributed by atoms with van der Waals surface area (Å²) in [5.74, 6) is -0.472. The highest BCUT2D eigenvalue weighted by Gasteiger charge is 2.65. The molecule has 248 valence electrons. The van der Waals surface area contributed by atoms with Gasteiger partial charge in [-0.05, 0) is 47.7 Å². The number of hydrogen-bond acceptors (Lipinski definition) is 13. The maximum Gasteiger partial charge on any atom is 0.289 e. The van der Waals surface area contributed by atoms with E-state index in [-0.39, 0.29) is 28.4 Å². The summed E-state index contributed by atoms with van der Waals surface area (Å²) in [7, 11) is -23.3. The first kappa shape index (κ1) is 35.8. The lowest BCUT2D eigenvalue weighted by molar-refractivity contribution is -0.125. The number of halogens is 1.